The second kappa shape index (κ2) is 5.35. The van der Waals surface area contributed by atoms with Gasteiger partial charge in [0.2, 0.25) is 0 Å². The van der Waals surface area contributed by atoms with Crippen molar-refractivity contribution >= 4 is 5.91 Å². The van der Waals surface area contributed by atoms with Gasteiger partial charge in [0.25, 0.3) is 5.91 Å². The van der Waals surface area contributed by atoms with Crippen LogP contribution in [-0.4, -0.2) is 15.9 Å². The molecular formula is C13H12FN3O. The Morgan fingerprint density at radius 2 is 2.06 bits per heavy atom. The van der Waals surface area contributed by atoms with E-state index in [0.29, 0.717) is 17.8 Å². The van der Waals surface area contributed by atoms with Gasteiger partial charge in [0.05, 0.1) is 11.3 Å². The highest BCUT2D eigenvalue weighted by Crippen LogP contribution is 2.04. The average molecular weight is 245 g/mol. The molecule has 0 saturated heterocycles. The number of nitrogens with one attached hydrogen (secondary N) is 1. The molecule has 2 aromatic rings. The smallest absolute Gasteiger partial charge is 0.254 e. The molecule has 1 aromatic heterocycles. The number of nitrogens with zero attached hydrogens (tertiary/aromatic N) is 2. The lowest BCUT2D eigenvalue weighted by Gasteiger charge is -2.06. The van der Waals surface area contributed by atoms with Crippen LogP contribution in [0, 0.1) is 12.7 Å². The van der Waals surface area contributed by atoms with Crippen LogP contribution in [-0.2, 0) is 6.54 Å². The molecule has 0 bridgehead atoms. The van der Waals surface area contributed by atoms with Crippen molar-refractivity contribution in [2.45, 2.75) is 13.5 Å². The third-order valence-corrected chi connectivity index (χ3v) is 2.52. The lowest BCUT2D eigenvalue weighted by Crippen LogP contribution is -2.24. The zero-order valence-corrected chi connectivity index (χ0v) is 9.85. The Labute approximate surface area is 104 Å². The highest BCUT2D eigenvalue weighted by Gasteiger charge is 2.09. The zero-order valence-electron chi connectivity index (χ0n) is 9.85. The van der Waals surface area contributed by atoms with Crippen molar-refractivity contribution in [2.24, 2.45) is 0 Å². The summed E-state index contributed by atoms with van der Waals surface area (Å²) >= 11 is 0. The number of amides is 1. The fraction of sp³-hybridized carbons (Fsp3) is 0.154. The van der Waals surface area contributed by atoms with Crippen LogP contribution >= 0.6 is 0 Å². The standard InChI is InChI=1S/C13H12FN3O/c1-9-12(7-15-8-17-9)13(18)16-6-10-2-4-11(14)5-3-10/h2-5,7-8H,6H2,1H3,(H,16,18). The third kappa shape index (κ3) is 2.88. The molecule has 0 atom stereocenters. The molecule has 0 fully saturated rings. The van der Waals surface area contributed by atoms with E-state index in [1.807, 2.05) is 0 Å². The molecule has 0 aliphatic heterocycles. The van der Waals surface area contributed by atoms with E-state index >= 15 is 0 Å². The molecule has 0 saturated carbocycles. The van der Waals surface area contributed by atoms with Gasteiger partial charge in [-0.3, -0.25) is 4.79 Å². The molecule has 92 valence electrons. The maximum atomic E-state index is 12.7. The van der Waals surface area contributed by atoms with Crippen molar-refractivity contribution in [2.75, 3.05) is 0 Å². The summed E-state index contributed by atoms with van der Waals surface area (Å²) in [7, 11) is 0. The van der Waals surface area contributed by atoms with E-state index in [1.165, 1.54) is 24.7 Å². The fourth-order valence-electron chi connectivity index (χ4n) is 1.49. The van der Waals surface area contributed by atoms with Crippen LogP contribution in [0.5, 0.6) is 0 Å². The van der Waals surface area contributed by atoms with Gasteiger partial charge in [-0.15, -0.1) is 0 Å². The van der Waals surface area contributed by atoms with Crippen LogP contribution in [0.3, 0.4) is 0 Å². The summed E-state index contributed by atoms with van der Waals surface area (Å²) in [4.78, 5) is 19.6. The van der Waals surface area contributed by atoms with E-state index < -0.39 is 0 Å². The Balaban J connectivity index is 2.01. The lowest BCUT2D eigenvalue weighted by atomic mass is 10.2. The first kappa shape index (κ1) is 12.2. The first-order chi connectivity index (χ1) is 8.66. The monoisotopic (exact) mass is 245 g/mol. The molecule has 0 spiro atoms. The van der Waals surface area contributed by atoms with Crippen molar-refractivity contribution in [1.29, 1.82) is 0 Å². The number of rotatable bonds is 3. The van der Waals surface area contributed by atoms with Gasteiger partial charge in [0.1, 0.15) is 12.1 Å². The van der Waals surface area contributed by atoms with Gasteiger partial charge < -0.3 is 5.32 Å². The van der Waals surface area contributed by atoms with E-state index in [-0.39, 0.29) is 11.7 Å². The molecule has 1 heterocycles. The minimum absolute atomic E-state index is 0.238. The number of halogens is 1. The topological polar surface area (TPSA) is 54.9 Å². The second-order valence-corrected chi connectivity index (χ2v) is 3.83. The summed E-state index contributed by atoms with van der Waals surface area (Å²) in [6.45, 7) is 2.09. The normalized spacial score (nSPS) is 10.1. The highest BCUT2D eigenvalue weighted by atomic mass is 19.1. The van der Waals surface area contributed by atoms with Gasteiger partial charge in [0, 0.05) is 12.7 Å². The molecule has 1 aromatic carbocycles. The van der Waals surface area contributed by atoms with Crippen LogP contribution in [0.25, 0.3) is 0 Å². The van der Waals surface area contributed by atoms with E-state index in [0.717, 1.165) is 5.56 Å². The summed E-state index contributed by atoms with van der Waals surface area (Å²) in [5, 5.41) is 2.73. The van der Waals surface area contributed by atoms with Crippen molar-refractivity contribution in [3.63, 3.8) is 0 Å². The summed E-state index contributed by atoms with van der Waals surface area (Å²) in [6.07, 6.45) is 2.87. The fourth-order valence-corrected chi connectivity index (χ4v) is 1.49. The number of benzene rings is 1. The number of hydrogen-bond donors (Lipinski definition) is 1. The Kier molecular flexibility index (Phi) is 3.62. The number of aromatic nitrogens is 2. The first-order valence-electron chi connectivity index (χ1n) is 5.46. The molecule has 1 N–H and O–H groups in total. The number of hydrogen-bond acceptors (Lipinski definition) is 3. The minimum atomic E-state index is -0.294. The number of carbonyl (C=O) groups excluding carboxylic acids is 1. The lowest BCUT2D eigenvalue weighted by molar-refractivity contribution is 0.0949. The van der Waals surface area contributed by atoms with Gasteiger partial charge in [-0.05, 0) is 24.6 Å². The Bertz CT molecular complexity index is 554. The number of aryl methyl sites for hydroxylation is 1. The van der Waals surface area contributed by atoms with Gasteiger partial charge in [-0.1, -0.05) is 12.1 Å². The second-order valence-electron chi connectivity index (χ2n) is 3.83. The van der Waals surface area contributed by atoms with Gasteiger partial charge >= 0.3 is 0 Å². The van der Waals surface area contributed by atoms with Crippen molar-refractivity contribution in [3.8, 4) is 0 Å². The predicted molar refractivity (Wildman–Crippen MR) is 64.3 cm³/mol. The van der Waals surface area contributed by atoms with Gasteiger partial charge in [0.15, 0.2) is 0 Å². The quantitative estimate of drug-likeness (QED) is 0.897. The van der Waals surface area contributed by atoms with E-state index in [2.05, 4.69) is 15.3 Å². The van der Waals surface area contributed by atoms with Crippen LogP contribution < -0.4 is 5.32 Å². The molecule has 1 amide bonds. The predicted octanol–water partition coefficient (Wildman–Crippen LogP) is 1.85. The Morgan fingerprint density at radius 3 is 2.72 bits per heavy atom. The van der Waals surface area contributed by atoms with Crippen molar-refractivity contribution in [1.82, 2.24) is 15.3 Å². The molecule has 0 unspecified atom stereocenters. The van der Waals surface area contributed by atoms with Crippen molar-refractivity contribution < 1.29 is 9.18 Å². The molecular weight excluding hydrogens is 233 g/mol. The van der Waals surface area contributed by atoms with E-state index in [4.69, 9.17) is 0 Å². The SMILES string of the molecule is Cc1ncncc1C(=O)NCc1ccc(F)cc1. The zero-order chi connectivity index (χ0) is 13.0. The Morgan fingerprint density at radius 1 is 1.33 bits per heavy atom. The van der Waals surface area contributed by atoms with E-state index in [1.54, 1.807) is 19.1 Å². The Hall–Kier alpha value is -2.30. The molecule has 0 aliphatic rings. The van der Waals surface area contributed by atoms with Crippen LogP contribution in [0.2, 0.25) is 0 Å². The van der Waals surface area contributed by atoms with E-state index in [9.17, 15) is 9.18 Å². The minimum Gasteiger partial charge on any atom is -0.348 e. The van der Waals surface area contributed by atoms with Crippen LogP contribution in [0.1, 0.15) is 21.6 Å². The number of carbonyl (C=O) groups is 1. The van der Waals surface area contributed by atoms with Gasteiger partial charge in [-0.2, -0.15) is 0 Å². The maximum Gasteiger partial charge on any atom is 0.254 e. The van der Waals surface area contributed by atoms with Crippen LogP contribution in [0.15, 0.2) is 36.8 Å². The van der Waals surface area contributed by atoms with Crippen molar-refractivity contribution in [3.05, 3.63) is 59.4 Å². The summed E-state index contributed by atoms with van der Waals surface area (Å²) in [5.41, 5.74) is 1.90. The molecule has 4 nitrogen and oxygen atoms in total. The summed E-state index contributed by atoms with van der Waals surface area (Å²) < 4.78 is 12.7. The maximum absolute atomic E-state index is 12.7. The largest absolute Gasteiger partial charge is 0.348 e. The molecule has 0 radical (unpaired) electrons. The molecule has 0 aliphatic carbocycles. The van der Waals surface area contributed by atoms with Gasteiger partial charge in [-0.25, -0.2) is 14.4 Å². The molecule has 5 heteroatoms. The highest BCUT2D eigenvalue weighted by molar-refractivity contribution is 5.94. The van der Waals surface area contributed by atoms with Crippen LogP contribution in [0.4, 0.5) is 4.39 Å². The molecule has 2 rings (SSSR count). The first-order valence-corrected chi connectivity index (χ1v) is 5.46. The average Bonchev–Trinajstić information content (AvgIpc) is 2.38. The molecule has 18 heavy (non-hydrogen) atoms. The summed E-state index contributed by atoms with van der Waals surface area (Å²) in [5.74, 6) is -0.533. The third-order valence-electron chi connectivity index (χ3n) is 2.52. The summed E-state index contributed by atoms with van der Waals surface area (Å²) in [6, 6.07) is 5.98.